The predicted molar refractivity (Wildman–Crippen MR) is 133 cm³/mol. The molecule has 0 fully saturated rings. The SMILES string of the molecule is Cc1cccc(N(CC(=O)Nc2ccc(S(=O)(=O)Nc3ccc(Br)cc3)cc2)S(C)(=O)=O)c1. The standard InChI is InChI=1S/C22H22BrN3O5S2/c1-16-4-3-5-20(14-16)26(32(2,28)29)15-22(27)24-18-10-12-21(13-11-18)33(30,31)25-19-8-6-17(23)7-9-19/h3-14,25H,15H2,1-2H3,(H,24,27). The van der Waals surface area contributed by atoms with Crippen LogP contribution in [0.15, 0.2) is 82.2 Å². The van der Waals surface area contributed by atoms with Gasteiger partial charge in [0.15, 0.2) is 0 Å². The van der Waals surface area contributed by atoms with Crippen LogP contribution in [0.25, 0.3) is 0 Å². The number of amides is 1. The van der Waals surface area contributed by atoms with E-state index >= 15 is 0 Å². The number of carbonyl (C=O) groups is 1. The van der Waals surface area contributed by atoms with Crippen molar-refractivity contribution in [2.45, 2.75) is 11.8 Å². The normalized spacial score (nSPS) is 11.6. The Morgan fingerprint density at radius 3 is 2.09 bits per heavy atom. The van der Waals surface area contributed by atoms with E-state index in [1.54, 1.807) is 42.5 Å². The molecule has 0 aliphatic heterocycles. The van der Waals surface area contributed by atoms with Crippen LogP contribution >= 0.6 is 15.9 Å². The Bertz CT molecular complexity index is 1360. The molecule has 33 heavy (non-hydrogen) atoms. The van der Waals surface area contributed by atoms with Crippen LogP contribution in [0.4, 0.5) is 17.1 Å². The number of nitrogens with zero attached hydrogens (tertiary/aromatic N) is 1. The molecule has 3 rings (SSSR count). The highest BCUT2D eigenvalue weighted by molar-refractivity contribution is 9.10. The third kappa shape index (κ3) is 6.80. The molecular formula is C22H22BrN3O5S2. The first-order chi connectivity index (χ1) is 15.4. The fraction of sp³-hybridized carbons (Fsp3) is 0.136. The Morgan fingerprint density at radius 1 is 0.909 bits per heavy atom. The highest BCUT2D eigenvalue weighted by Crippen LogP contribution is 2.21. The zero-order valence-electron chi connectivity index (χ0n) is 17.8. The molecule has 0 atom stereocenters. The Labute approximate surface area is 201 Å². The summed E-state index contributed by atoms with van der Waals surface area (Å²) >= 11 is 3.29. The molecule has 0 aromatic heterocycles. The minimum atomic E-state index is -3.82. The average Bonchev–Trinajstić information content (AvgIpc) is 2.73. The smallest absolute Gasteiger partial charge is 0.261 e. The second kappa shape index (κ2) is 9.94. The van der Waals surface area contributed by atoms with Crippen LogP contribution in [-0.4, -0.2) is 35.5 Å². The summed E-state index contributed by atoms with van der Waals surface area (Å²) in [7, 11) is -7.51. The fourth-order valence-corrected chi connectivity index (χ4v) is 5.13. The van der Waals surface area contributed by atoms with Crippen molar-refractivity contribution >= 4 is 58.9 Å². The van der Waals surface area contributed by atoms with Crippen molar-refractivity contribution in [2.24, 2.45) is 0 Å². The highest BCUT2D eigenvalue weighted by atomic mass is 79.9. The number of nitrogens with one attached hydrogen (secondary N) is 2. The van der Waals surface area contributed by atoms with Gasteiger partial charge >= 0.3 is 0 Å². The molecule has 0 heterocycles. The number of aryl methyl sites for hydroxylation is 1. The lowest BCUT2D eigenvalue weighted by Gasteiger charge is -2.22. The topological polar surface area (TPSA) is 113 Å². The Kier molecular flexibility index (Phi) is 7.45. The maximum atomic E-state index is 12.6. The zero-order chi connectivity index (χ0) is 24.2. The fourth-order valence-electron chi connectivity index (χ4n) is 2.96. The van der Waals surface area contributed by atoms with Crippen LogP contribution in [0.3, 0.4) is 0 Å². The van der Waals surface area contributed by atoms with Gasteiger partial charge < -0.3 is 5.32 Å². The van der Waals surface area contributed by atoms with Crippen molar-refractivity contribution in [1.82, 2.24) is 0 Å². The average molecular weight is 552 g/mol. The van der Waals surface area contributed by atoms with Crippen LogP contribution in [0, 0.1) is 6.92 Å². The van der Waals surface area contributed by atoms with Crippen LogP contribution in [-0.2, 0) is 24.8 Å². The van der Waals surface area contributed by atoms with Crippen molar-refractivity contribution in [3.63, 3.8) is 0 Å². The second-order valence-electron chi connectivity index (χ2n) is 7.29. The van der Waals surface area contributed by atoms with Crippen molar-refractivity contribution in [2.75, 3.05) is 27.1 Å². The zero-order valence-corrected chi connectivity index (χ0v) is 21.0. The Morgan fingerprint density at radius 2 is 1.52 bits per heavy atom. The molecule has 0 aliphatic carbocycles. The molecule has 0 aliphatic rings. The van der Waals surface area contributed by atoms with Crippen molar-refractivity contribution in [3.05, 3.63) is 82.8 Å². The van der Waals surface area contributed by atoms with E-state index in [0.717, 1.165) is 20.6 Å². The molecule has 1 amide bonds. The molecule has 2 N–H and O–H groups in total. The number of halogens is 1. The molecule has 0 bridgehead atoms. The van der Waals surface area contributed by atoms with Gasteiger partial charge in [-0.2, -0.15) is 0 Å². The largest absolute Gasteiger partial charge is 0.325 e. The molecule has 0 unspecified atom stereocenters. The van der Waals surface area contributed by atoms with Gasteiger partial charge in [-0.1, -0.05) is 28.1 Å². The molecule has 0 radical (unpaired) electrons. The van der Waals surface area contributed by atoms with E-state index in [1.807, 2.05) is 13.0 Å². The lowest BCUT2D eigenvalue weighted by atomic mass is 10.2. The second-order valence-corrected chi connectivity index (χ2v) is 11.8. The van der Waals surface area contributed by atoms with Crippen LogP contribution in [0.1, 0.15) is 5.56 Å². The summed E-state index contributed by atoms with van der Waals surface area (Å²) in [6.07, 6.45) is 1.03. The van der Waals surface area contributed by atoms with Gasteiger partial charge in [-0.15, -0.1) is 0 Å². The molecule has 8 nitrogen and oxygen atoms in total. The van der Waals surface area contributed by atoms with E-state index in [0.29, 0.717) is 17.1 Å². The third-order valence-electron chi connectivity index (χ3n) is 4.52. The first-order valence-corrected chi connectivity index (χ1v) is 13.8. The number of benzene rings is 3. The number of hydrogen-bond acceptors (Lipinski definition) is 5. The van der Waals surface area contributed by atoms with Gasteiger partial charge in [-0.05, 0) is 73.2 Å². The van der Waals surface area contributed by atoms with Gasteiger partial charge in [0.1, 0.15) is 6.54 Å². The lowest BCUT2D eigenvalue weighted by Crippen LogP contribution is -2.37. The van der Waals surface area contributed by atoms with E-state index < -0.39 is 32.5 Å². The summed E-state index contributed by atoms with van der Waals surface area (Å²) < 4.78 is 53.9. The summed E-state index contributed by atoms with van der Waals surface area (Å²) in [5, 5.41) is 2.60. The highest BCUT2D eigenvalue weighted by Gasteiger charge is 2.21. The Hall–Kier alpha value is -2.89. The minimum absolute atomic E-state index is 0.0148. The van der Waals surface area contributed by atoms with Crippen molar-refractivity contribution in [1.29, 1.82) is 0 Å². The molecule has 3 aromatic rings. The summed E-state index contributed by atoms with van der Waals surface area (Å²) in [5.41, 5.74) is 1.98. The maximum Gasteiger partial charge on any atom is 0.261 e. The van der Waals surface area contributed by atoms with Crippen molar-refractivity contribution < 1.29 is 21.6 Å². The van der Waals surface area contributed by atoms with E-state index in [2.05, 4.69) is 26.0 Å². The minimum Gasteiger partial charge on any atom is -0.325 e. The van der Waals surface area contributed by atoms with Gasteiger partial charge in [0.25, 0.3) is 10.0 Å². The quantitative estimate of drug-likeness (QED) is 0.440. The number of carbonyl (C=O) groups excluding carboxylic acids is 1. The molecule has 0 saturated carbocycles. The number of hydrogen-bond donors (Lipinski definition) is 2. The van der Waals surface area contributed by atoms with E-state index in [-0.39, 0.29) is 4.90 Å². The molecular weight excluding hydrogens is 530 g/mol. The third-order valence-corrected chi connectivity index (χ3v) is 7.59. The van der Waals surface area contributed by atoms with Crippen molar-refractivity contribution in [3.8, 4) is 0 Å². The predicted octanol–water partition coefficient (Wildman–Crippen LogP) is 3.96. The summed E-state index contributed by atoms with van der Waals surface area (Å²) in [4.78, 5) is 12.5. The van der Waals surface area contributed by atoms with E-state index in [9.17, 15) is 21.6 Å². The number of anilines is 3. The summed E-state index contributed by atoms with van der Waals surface area (Å²) in [5.74, 6) is -0.564. The molecule has 174 valence electrons. The summed E-state index contributed by atoms with van der Waals surface area (Å²) in [6.45, 7) is 1.40. The Balaban J connectivity index is 1.70. The maximum absolute atomic E-state index is 12.6. The van der Waals surface area contributed by atoms with Gasteiger partial charge in [-0.3, -0.25) is 13.8 Å². The number of rotatable bonds is 8. The van der Waals surface area contributed by atoms with E-state index in [4.69, 9.17) is 0 Å². The van der Waals surface area contributed by atoms with Gasteiger partial charge in [-0.25, -0.2) is 16.8 Å². The van der Waals surface area contributed by atoms with Gasteiger partial charge in [0.2, 0.25) is 15.9 Å². The number of sulfonamides is 2. The molecule has 3 aromatic carbocycles. The first kappa shape index (κ1) is 24.7. The lowest BCUT2D eigenvalue weighted by molar-refractivity contribution is -0.114. The molecule has 0 saturated heterocycles. The van der Waals surface area contributed by atoms with Crippen LogP contribution < -0.4 is 14.3 Å². The monoisotopic (exact) mass is 551 g/mol. The van der Waals surface area contributed by atoms with Crippen LogP contribution in [0.2, 0.25) is 0 Å². The van der Waals surface area contributed by atoms with E-state index in [1.165, 1.54) is 24.3 Å². The van der Waals surface area contributed by atoms with Gasteiger partial charge in [0, 0.05) is 15.8 Å². The van der Waals surface area contributed by atoms with Gasteiger partial charge in [0.05, 0.1) is 16.8 Å². The molecule has 11 heteroatoms. The van der Waals surface area contributed by atoms with Crippen LogP contribution in [0.5, 0.6) is 0 Å². The first-order valence-electron chi connectivity index (χ1n) is 9.67. The summed E-state index contributed by atoms with van der Waals surface area (Å²) in [6, 6.07) is 19.1. The molecule has 0 spiro atoms.